The minimum Gasteiger partial charge on any atom is -0.469 e. The molecular formula is C19H19N3O2S2. The highest BCUT2D eigenvalue weighted by Gasteiger charge is 2.24. The van der Waals surface area contributed by atoms with E-state index in [0.717, 1.165) is 28.3 Å². The fourth-order valence-corrected chi connectivity index (χ4v) is 5.63. The van der Waals surface area contributed by atoms with Crippen LogP contribution >= 0.6 is 23.1 Å². The lowest BCUT2D eigenvalue weighted by Gasteiger charge is -2.12. The Morgan fingerprint density at radius 1 is 1.38 bits per heavy atom. The standard InChI is InChI=1S/C19H19N3O2S2/c1-11(9-15(23)24-2)25-18-16-13-6-3-7-14(13)26-19(16)22-17(21-18)12-5-4-8-20-10-12/h4-5,8,10-11H,3,6-7,9H2,1-2H3. The van der Waals surface area contributed by atoms with Crippen LogP contribution in [0, 0.1) is 0 Å². The maximum atomic E-state index is 11.6. The monoisotopic (exact) mass is 385 g/mol. The van der Waals surface area contributed by atoms with Gasteiger partial charge in [-0.15, -0.1) is 23.1 Å². The van der Waals surface area contributed by atoms with E-state index in [-0.39, 0.29) is 11.2 Å². The molecule has 0 aliphatic heterocycles. The molecule has 1 aliphatic rings. The number of carbonyl (C=O) groups excluding carboxylic acids is 1. The van der Waals surface area contributed by atoms with Crippen LogP contribution in [0.4, 0.5) is 0 Å². The Kier molecular flexibility index (Phi) is 4.91. The number of aryl methyl sites for hydroxylation is 2. The molecule has 0 saturated carbocycles. The van der Waals surface area contributed by atoms with Crippen LogP contribution < -0.4 is 0 Å². The molecule has 7 heteroatoms. The Labute approximate surface area is 160 Å². The normalized spacial score (nSPS) is 14.4. The van der Waals surface area contributed by atoms with E-state index < -0.39 is 0 Å². The van der Waals surface area contributed by atoms with E-state index in [4.69, 9.17) is 14.7 Å². The van der Waals surface area contributed by atoms with Crippen molar-refractivity contribution in [2.75, 3.05) is 7.11 Å². The molecule has 0 radical (unpaired) electrons. The van der Waals surface area contributed by atoms with Gasteiger partial charge in [0.15, 0.2) is 5.82 Å². The zero-order chi connectivity index (χ0) is 18.1. The van der Waals surface area contributed by atoms with Crippen molar-refractivity contribution in [3.8, 4) is 11.4 Å². The first-order valence-electron chi connectivity index (χ1n) is 8.62. The summed E-state index contributed by atoms with van der Waals surface area (Å²) in [6.07, 6.45) is 7.30. The van der Waals surface area contributed by atoms with Crippen molar-refractivity contribution < 1.29 is 9.53 Å². The Morgan fingerprint density at radius 2 is 2.27 bits per heavy atom. The maximum absolute atomic E-state index is 11.6. The minimum atomic E-state index is -0.196. The molecule has 5 nitrogen and oxygen atoms in total. The first-order chi connectivity index (χ1) is 12.7. The number of ether oxygens (including phenoxy) is 1. The summed E-state index contributed by atoms with van der Waals surface area (Å²) in [5.74, 6) is 0.497. The third-order valence-corrected chi connectivity index (χ3v) is 6.72. The summed E-state index contributed by atoms with van der Waals surface area (Å²) in [7, 11) is 1.43. The lowest BCUT2D eigenvalue weighted by Crippen LogP contribution is -2.09. The first-order valence-corrected chi connectivity index (χ1v) is 10.3. The molecule has 1 aliphatic carbocycles. The van der Waals surface area contributed by atoms with Crippen LogP contribution in [0.15, 0.2) is 29.6 Å². The zero-order valence-electron chi connectivity index (χ0n) is 14.7. The summed E-state index contributed by atoms with van der Waals surface area (Å²) in [5, 5.41) is 2.22. The largest absolute Gasteiger partial charge is 0.469 e. The second-order valence-electron chi connectivity index (χ2n) is 6.34. The third-order valence-electron chi connectivity index (χ3n) is 4.45. The number of pyridine rings is 1. The molecular weight excluding hydrogens is 366 g/mol. The van der Waals surface area contributed by atoms with E-state index in [1.54, 1.807) is 35.5 Å². The number of thiophene rings is 1. The van der Waals surface area contributed by atoms with Gasteiger partial charge in [0.1, 0.15) is 9.86 Å². The Hall–Kier alpha value is -1.99. The molecule has 3 aromatic rings. The van der Waals surface area contributed by atoms with Gasteiger partial charge in [-0.05, 0) is 37.0 Å². The molecule has 0 spiro atoms. The number of thioether (sulfide) groups is 1. The van der Waals surface area contributed by atoms with Crippen molar-refractivity contribution in [3.63, 3.8) is 0 Å². The van der Waals surface area contributed by atoms with Gasteiger partial charge in [-0.1, -0.05) is 6.92 Å². The molecule has 3 heterocycles. The average Bonchev–Trinajstić information content (AvgIpc) is 3.22. The lowest BCUT2D eigenvalue weighted by molar-refractivity contribution is -0.140. The van der Waals surface area contributed by atoms with E-state index in [1.165, 1.54) is 29.4 Å². The molecule has 0 saturated heterocycles. The van der Waals surface area contributed by atoms with E-state index in [0.29, 0.717) is 12.2 Å². The molecule has 0 bridgehead atoms. The van der Waals surface area contributed by atoms with E-state index in [1.807, 2.05) is 19.1 Å². The predicted octanol–water partition coefficient (Wildman–Crippen LogP) is 4.29. The predicted molar refractivity (Wildman–Crippen MR) is 105 cm³/mol. The summed E-state index contributed by atoms with van der Waals surface area (Å²) in [5.41, 5.74) is 2.31. The third kappa shape index (κ3) is 3.33. The average molecular weight is 386 g/mol. The van der Waals surface area contributed by atoms with Crippen LogP contribution in [0.5, 0.6) is 0 Å². The molecule has 0 aromatic carbocycles. The van der Waals surface area contributed by atoms with Crippen molar-refractivity contribution in [1.29, 1.82) is 0 Å². The van der Waals surface area contributed by atoms with Gasteiger partial charge in [-0.3, -0.25) is 9.78 Å². The summed E-state index contributed by atoms with van der Waals surface area (Å²) < 4.78 is 4.81. The van der Waals surface area contributed by atoms with Crippen LogP contribution in [0.1, 0.15) is 30.2 Å². The zero-order valence-corrected chi connectivity index (χ0v) is 16.3. The highest BCUT2D eigenvalue weighted by atomic mass is 32.2. The van der Waals surface area contributed by atoms with E-state index in [2.05, 4.69) is 4.98 Å². The SMILES string of the molecule is COC(=O)CC(C)Sc1nc(-c2cccnc2)nc2sc3c(c12)CCC3. The van der Waals surface area contributed by atoms with Crippen LogP contribution in [0.3, 0.4) is 0 Å². The summed E-state index contributed by atoms with van der Waals surface area (Å²) >= 11 is 3.41. The van der Waals surface area contributed by atoms with Gasteiger partial charge in [-0.2, -0.15) is 0 Å². The van der Waals surface area contributed by atoms with Gasteiger partial charge in [0, 0.05) is 33.5 Å². The van der Waals surface area contributed by atoms with Crippen molar-refractivity contribution in [3.05, 3.63) is 35.0 Å². The fraction of sp³-hybridized carbons (Fsp3) is 0.368. The number of nitrogens with zero attached hydrogens (tertiary/aromatic N) is 3. The van der Waals surface area contributed by atoms with Gasteiger partial charge < -0.3 is 4.74 Å². The van der Waals surface area contributed by atoms with Crippen molar-refractivity contribution in [2.24, 2.45) is 0 Å². The number of hydrogen-bond acceptors (Lipinski definition) is 7. The van der Waals surface area contributed by atoms with Crippen molar-refractivity contribution in [1.82, 2.24) is 15.0 Å². The van der Waals surface area contributed by atoms with Gasteiger partial charge in [-0.25, -0.2) is 9.97 Å². The van der Waals surface area contributed by atoms with E-state index >= 15 is 0 Å². The smallest absolute Gasteiger partial charge is 0.306 e. The number of rotatable bonds is 5. The van der Waals surface area contributed by atoms with Crippen molar-refractivity contribution in [2.45, 2.75) is 42.9 Å². The Balaban J connectivity index is 1.79. The van der Waals surface area contributed by atoms with Crippen molar-refractivity contribution >= 4 is 39.3 Å². The quantitative estimate of drug-likeness (QED) is 0.371. The van der Waals surface area contributed by atoms with Crippen LogP contribution in [-0.2, 0) is 22.4 Å². The summed E-state index contributed by atoms with van der Waals surface area (Å²) in [4.78, 5) is 28.0. The molecule has 1 unspecified atom stereocenters. The Morgan fingerprint density at radius 3 is 3.04 bits per heavy atom. The van der Waals surface area contributed by atoms with Crippen LogP contribution in [0.2, 0.25) is 0 Å². The van der Waals surface area contributed by atoms with Gasteiger partial charge >= 0.3 is 5.97 Å². The number of esters is 1. The number of methoxy groups -OCH3 is 1. The van der Waals surface area contributed by atoms with E-state index in [9.17, 15) is 4.79 Å². The molecule has 0 N–H and O–H groups in total. The van der Waals surface area contributed by atoms with Crippen LogP contribution in [-0.4, -0.2) is 33.3 Å². The molecule has 0 amide bonds. The van der Waals surface area contributed by atoms with Gasteiger partial charge in [0.25, 0.3) is 0 Å². The number of hydrogen-bond donors (Lipinski definition) is 0. The fourth-order valence-electron chi connectivity index (χ4n) is 3.22. The Bertz CT molecular complexity index is 956. The molecule has 4 rings (SSSR count). The van der Waals surface area contributed by atoms with Gasteiger partial charge in [0.2, 0.25) is 0 Å². The first kappa shape index (κ1) is 17.4. The molecule has 26 heavy (non-hydrogen) atoms. The summed E-state index contributed by atoms with van der Waals surface area (Å²) in [6, 6.07) is 3.87. The molecule has 0 fully saturated rings. The molecule has 3 aromatic heterocycles. The second-order valence-corrected chi connectivity index (χ2v) is 8.85. The number of carbonyl (C=O) groups is 1. The second kappa shape index (κ2) is 7.32. The maximum Gasteiger partial charge on any atom is 0.306 e. The highest BCUT2D eigenvalue weighted by Crippen LogP contribution is 2.42. The molecule has 1 atom stereocenters. The number of fused-ring (bicyclic) bond motifs is 3. The topological polar surface area (TPSA) is 65.0 Å². The van der Waals surface area contributed by atoms with Crippen LogP contribution in [0.25, 0.3) is 21.6 Å². The highest BCUT2D eigenvalue weighted by molar-refractivity contribution is 8.00. The minimum absolute atomic E-state index is 0.0826. The molecule has 134 valence electrons. The number of aromatic nitrogens is 3. The lowest BCUT2D eigenvalue weighted by atomic mass is 10.2. The summed E-state index contributed by atoms with van der Waals surface area (Å²) in [6.45, 7) is 2.03. The van der Waals surface area contributed by atoms with Gasteiger partial charge in [0.05, 0.1) is 13.5 Å².